The molecule has 2 aromatic rings. The van der Waals surface area contributed by atoms with Crippen LogP contribution in [-0.4, -0.2) is 56.7 Å². The minimum atomic E-state index is -4.62. The monoisotopic (exact) mass is 478 g/mol. The standard InChI is InChI=1S/C23H22ClF3N4O2/c24-18-17(28-19-15(23(25,26)27)5-13(8-31(18)19)12-1-2-12)20(33)29-3-4-30(16(32)9-29)14-6-21-10-22(21,7-14)11-21/h5,8,12,14H,1-4,6-7,9-11H2. The molecule has 3 heterocycles. The molecule has 10 heteroatoms. The summed E-state index contributed by atoms with van der Waals surface area (Å²) in [7, 11) is 0. The zero-order valence-electron chi connectivity index (χ0n) is 17.8. The maximum Gasteiger partial charge on any atom is 0.419 e. The highest BCUT2D eigenvalue weighted by atomic mass is 35.5. The minimum absolute atomic E-state index is 0.0746. The maximum absolute atomic E-state index is 13.7. The minimum Gasteiger partial charge on any atom is -0.336 e. The van der Waals surface area contributed by atoms with Gasteiger partial charge in [0.25, 0.3) is 5.91 Å². The van der Waals surface area contributed by atoms with Gasteiger partial charge in [-0.05, 0) is 66.9 Å². The normalized spacial score (nSPS) is 32.8. The molecule has 0 N–H and O–H groups in total. The first-order valence-corrected chi connectivity index (χ1v) is 11.9. The van der Waals surface area contributed by atoms with Gasteiger partial charge in [0.15, 0.2) is 11.3 Å². The van der Waals surface area contributed by atoms with E-state index in [4.69, 9.17) is 11.6 Å². The highest BCUT2D eigenvalue weighted by Crippen LogP contribution is 2.93. The average molecular weight is 479 g/mol. The van der Waals surface area contributed by atoms with Crippen LogP contribution in [0.5, 0.6) is 0 Å². The van der Waals surface area contributed by atoms with Crippen molar-refractivity contribution >= 4 is 29.1 Å². The SMILES string of the molecule is O=C(c1nc2c(C(F)(F)F)cc(C3CC3)cn2c1Cl)N1CCN(C2CC34CC3(C2)C4)C(=O)C1. The number of hydrogen-bond donors (Lipinski definition) is 0. The van der Waals surface area contributed by atoms with Crippen molar-refractivity contribution in [2.24, 2.45) is 10.8 Å². The Morgan fingerprint density at radius 3 is 2.45 bits per heavy atom. The van der Waals surface area contributed by atoms with E-state index in [1.165, 1.54) is 22.1 Å². The Bertz CT molecular complexity index is 1230. The number of aromatic nitrogens is 2. The van der Waals surface area contributed by atoms with Gasteiger partial charge in [0, 0.05) is 25.3 Å². The predicted molar refractivity (Wildman–Crippen MR) is 112 cm³/mol. The Hall–Kier alpha value is -2.29. The van der Waals surface area contributed by atoms with Crippen molar-refractivity contribution in [3.8, 4) is 0 Å². The fourth-order valence-corrected chi connectivity index (χ4v) is 6.84. The summed E-state index contributed by atoms with van der Waals surface area (Å²) >= 11 is 6.39. The smallest absolute Gasteiger partial charge is 0.336 e. The number of alkyl halides is 3. The van der Waals surface area contributed by atoms with Gasteiger partial charge < -0.3 is 9.80 Å². The number of rotatable bonds is 3. The summed E-state index contributed by atoms with van der Waals surface area (Å²) in [5, 5.41) is -0.146. The Labute approximate surface area is 192 Å². The molecular formula is C23H22ClF3N4O2. The number of pyridine rings is 1. The third-order valence-electron chi connectivity index (χ3n) is 8.71. The lowest BCUT2D eigenvalue weighted by Gasteiger charge is -2.39. The van der Waals surface area contributed by atoms with E-state index in [1.54, 1.807) is 6.20 Å². The molecule has 0 bridgehead atoms. The van der Waals surface area contributed by atoms with Crippen LogP contribution in [-0.2, 0) is 11.0 Å². The van der Waals surface area contributed by atoms with E-state index >= 15 is 0 Å². The van der Waals surface area contributed by atoms with Crippen molar-refractivity contribution in [3.05, 3.63) is 34.2 Å². The summed E-state index contributed by atoms with van der Waals surface area (Å²) in [5.74, 6) is -0.641. The zero-order chi connectivity index (χ0) is 22.9. The predicted octanol–water partition coefficient (Wildman–Crippen LogP) is 4.11. The number of piperazine rings is 1. The lowest BCUT2D eigenvalue weighted by molar-refractivity contribution is -0.138. The Balaban J connectivity index is 1.16. The summed E-state index contributed by atoms with van der Waals surface area (Å²) in [6.07, 6.45) is 3.32. The van der Waals surface area contributed by atoms with Gasteiger partial charge in [-0.1, -0.05) is 11.6 Å². The number of fused-ring (bicyclic) bond motifs is 1. The largest absolute Gasteiger partial charge is 0.419 e. The molecule has 5 aliphatic rings. The first-order chi connectivity index (χ1) is 15.6. The highest BCUT2D eigenvalue weighted by molar-refractivity contribution is 6.33. The molecule has 2 amide bonds. The van der Waals surface area contributed by atoms with E-state index in [9.17, 15) is 22.8 Å². The topological polar surface area (TPSA) is 57.9 Å². The zero-order valence-corrected chi connectivity index (χ0v) is 18.5. The van der Waals surface area contributed by atoms with Crippen molar-refractivity contribution in [2.45, 2.75) is 56.7 Å². The first kappa shape index (κ1) is 20.1. The molecule has 5 fully saturated rings. The van der Waals surface area contributed by atoms with Crippen LogP contribution in [0, 0.1) is 10.8 Å². The van der Waals surface area contributed by atoms with Gasteiger partial charge in [-0.2, -0.15) is 13.2 Å². The van der Waals surface area contributed by atoms with E-state index in [0.717, 1.165) is 31.7 Å². The molecule has 4 aliphatic carbocycles. The molecule has 0 unspecified atom stereocenters. The fourth-order valence-electron chi connectivity index (χ4n) is 6.59. The molecule has 1 aliphatic heterocycles. The Morgan fingerprint density at radius 2 is 1.85 bits per heavy atom. The number of amides is 2. The van der Waals surface area contributed by atoms with Gasteiger partial charge in [0.1, 0.15) is 11.7 Å². The van der Waals surface area contributed by atoms with Crippen LogP contribution < -0.4 is 0 Å². The van der Waals surface area contributed by atoms with E-state index in [-0.39, 0.29) is 40.9 Å². The lowest BCUT2D eigenvalue weighted by atomic mass is 9.94. The van der Waals surface area contributed by atoms with Crippen molar-refractivity contribution in [3.63, 3.8) is 0 Å². The third kappa shape index (κ3) is 2.77. The van der Waals surface area contributed by atoms with Gasteiger partial charge in [-0.25, -0.2) is 4.98 Å². The Kier molecular flexibility index (Phi) is 3.68. The molecule has 33 heavy (non-hydrogen) atoms. The van der Waals surface area contributed by atoms with Gasteiger partial charge in [0.05, 0.1) is 5.56 Å². The number of carbonyl (C=O) groups is 2. The lowest BCUT2D eigenvalue weighted by Crippen LogP contribution is -2.55. The molecule has 0 spiro atoms. The second kappa shape index (κ2) is 6.03. The summed E-state index contributed by atoms with van der Waals surface area (Å²) < 4.78 is 42.4. The van der Waals surface area contributed by atoms with Crippen molar-refractivity contribution < 1.29 is 22.8 Å². The van der Waals surface area contributed by atoms with E-state index in [1.807, 2.05) is 4.90 Å². The molecule has 7 rings (SSSR count). The molecule has 2 aromatic heterocycles. The van der Waals surface area contributed by atoms with E-state index in [0.29, 0.717) is 29.5 Å². The number of hydrogen-bond acceptors (Lipinski definition) is 3. The molecule has 0 aromatic carbocycles. The van der Waals surface area contributed by atoms with Crippen molar-refractivity contribution in [1.29, 1.82) is 0 Å². The van der Waals surface area contributed by atoms with Gasteiger partial charge in [-0.3, -0.25) is 14.0 Å². The van der Waals surface area contributed by atoms with Crippen LogP contribution in [0.15, 0.2) is 12.3 Å². The molecular weight excluding hydrogens is 457 g/mol. The van der Waals surface area contributed by atoms with Gasteiger partial charge in [-0.15, -0.1) is 0 Å². The van der Waals surface area contributed by atoms with Gasteiger partial charge in [0.2, 0.25) is 5.91 Å². The van der Waals surface area contributed by atoms with E-state index in [2.05, 4.69) is 4.98 Å². The van der Waals surface area contributed by atoms with Crippen molar-refractivity contribution in [1.82, 2.24) is 19.2 Å². The Morgan fingerprint density at radius 1 is 1.15 bits per heavy atom. The number of nitrogens with zero attached hydrogens (tertiary/aromatic N) is 4. The van der Waals surface area contributed by atoms with Gasteiger partial charge >= 0.3 is 6.18 Å². The third-order valence-corrected chi connectivity index (χ3v) is 9.07. The highest BCUT2D eigenvalue weighted by Gasteiger charge is 2.86. The molecule has 0 atom stereocenters. The number of carbonyl (C=O) groups excluding carboxylic acids is 2. The quantitative estimate of drug-likeness (QED) is 0.667. The van der Waals surface area contributed by atoms with Crippen molar-refractivity contribution in [2.75, 3.05) is 19.6 Å². The molecule has 0 radical (unpaired) electrons. The van der Waals surface area contributed by atoms with Crippen LogP contribution in [0.3, 0.4) is 0 Å². The molecule has 4 saturated carbocycles. The fraction of sp³-hybridized carbons (Fsp3) is 0.609. The summed E-state index contributed by atoms with van der Waals surface area (Å²) in [4.78, 5) is 33.3. The average Bonchev–Trinajstić information content (AvgIpc) is 3.69. The maximum atomic E-state index is 13.7. The summed E-state index contributed by atoms with van der Waals surface area (Å²) in [6, 6.07) is 1.37. The van der Waals surface area contributed by atoms with Crippen LogP contribution in [0.2, 0.25) is 5.15 Å². The van der Waals surface area contributed by atoms with Crippen LogP contribution in [0.1, 0.15) is 66.1 Å². The van der Waals surface area contributed by atoms with Crippen LogP contribution in [0.4, 0.5) is 13.2 Å². The molecule has 174 valence electrons. The first-order valence-electron chi connectivity index (χ1n) is 11.5. The summed E-state index contributed by atoms with van der Waals surface area (Å²) in [6.45, 7) is 0.662. The van der Waals surface area contributed by atoms with E-state index < -0.39 is 17.6 Å². The summed E-state index contributed by atoms with van der Waals surface area (Å²) in [5.41, 5.74) is 0.0367. The second-order valence-electron chi connectivity index (χ2n) is 10.7. The van der Waals surface area contributed by atoms with Crippen LogP contribution >= 0.6 is 11.6 Å². The van der Waals surface area contributed by atoms with Crippen LogP contribution in [0.25, 0.3) is 5.65 Å². The second-order valence-corrected chi connectivity index (χ2v) is 11.1. The molecule has 1 saturated heterocycles. The number of imidazole rings is 1. The molecule has 6 nitrogen and oxygen atoms in total. The number of halogens is 4.